The van der Waals surface area contributed by atoms with Gasteiger partial charge < -0.3 is 64.4 Å². The molecule has 6 rings (SSSR count). The van der Waals surface area contributed by atoms with Crippen molar-refractivity contribution in [3.05, 3.63) is 108 Å². The molecule has 16 heteroatoms. The summed E-state index contributed by atoms with van der Waals surface area (Å²) in [5, 5.41) is 43.0. The van der Waals surface area contributed by atoms with Crippen LogP contribution in [0.25, 0.3) is 0 Å². The van der Waals surface area contributed by atoms with Crippen LogP contribution in [0.5, 0.6) is 0 Å². The largest absolute Gasteiger partial charge is 0.445 e. The SMILES string of the molecule is CCCCC[C@H](C)C(=O)N[C@@H]1C(OCc2ccccc2)[C@H](NC(=O)OCc2ccccc2)C(O[C@H]2OC(CNC(=O)OCc3ccccc3)CCC2C)C(O)[C@H]1O[C@H]1OC(CO)[C@@H](O)[C@H](C)C1C. The molecular formula is C52H73N3O13. The third-order valence-electron chi connectivity index (χ3n) is 13.5. The number of aliphatic hydroxyl groups is 3. The Bertz CT molecular complexity index is 1970. The highest BCUT2D eigenvalue weighted by atomic mass is 16.7. The molecule has 3 fully saturated rings. The lowest BCUT2D eigenvalue weighted by Gasteiger charge is -2.52. The first kappa shape index (κ1) is 52.7. The normalized spacial score (nSPS) is 30.9. The van der Waals surface area contributed by atoms with E-state index >= 15 is 0 Å². The van der Waals surface area contributed by atoms with E-state index in [1.807, 2.05) is 119 Å². The number of carbonyl (C=O) groups excluding carboxylic acids is 3. The molecule has 2 aliphatic heterocycles. The number of unbranched alkanes of at least 4 members (excludes halogenated alkanes) is 2. The number of carbonyl (C=O) groups is 3. The van der Waals surface area contributed by atoms with Gasteiger partial charge >= 0.3 is 12.2 Å². The van der Waals surface area contributed by atoms with Crippen molar-refractivity contribution in [2.24, 2.45) is 23.7 Å². The van der Waals surface area contributed by atoms with Crippen molar-refractivity contribution >= 4 is 18.1 Å². The number of benzene rings is 3. The Balaban J connectivity index is 1.34. The minimum Gasteiger partial charge on any atom is -0.445 e. The molecular weight excluding hydrogens is 875 g/mol. The van der Waals surface area contributed by atoms with E-state index in [0.717, 1.165) is 36.0 Å². The maximum Gasteiger partial charge on any atom is 0.407 e. The van der Waals surface area contributed by atoms with Gasteiger partial charge in [-0.25, -0.2) is 9.59 Å². The van der Waals surface area contributed by atoms with Crippen molar-refractivity contribution in [3.8, 4) is 0 Å². The monoisotopic (exact) mass is 948 g/mol. The van der Waals surface area contributed by atoms with Crippen molar-refractivity contribution in [1.29, 1.82) is 0 Å². The van der Waals surface area contributed by atoms with Crippen LogP contribution in [0, 0.1) is 23.7 Å². The molecule has 0 bridgehead atoms. The van der Waals surface area contributed by atoms with Crippen LogP contribution in [0.1, 0.15) is 89.8 Å². The van der Waals surface area contributed by atoms with E-state index in [1.54, 1.807) is 0 Å². The minimum absolute atomic E-state index is 0.0350. The highest BCUT2D eigenvalue weighted by molar-refractivity contribution is 5.78. The van der Waals surface area contributed by atoms with Gasteiger partial charge in [0.25, 0.3) is 0 Å². The van der Waals surface area contributed by atoms with Gasteiger partial charge in [-0.2, -0.15) is 0 Å². The summed E-state index contributed by atoms with van der Waals surface area (Å²) in [6.45, 7) is 9.29. The second-order valence-corrected chi connectivity index (χ2v) is 18.7. The van der Waals surface area contributed by atoms with Crippen LogP contribution >= 0.6 is 0 Å². The summed E-state index contributed by atoms with van der Waals surface area (Å²) < 4.78 is 44.4. The second-order valence-electron chi connectivity index (χ2n) is 18.7. The maximum absolute atomic E-state index is 14.3. The summed E-state index contributed by atoms with van der Waals surface area (Å²) in [6.07, 6.45) is -6.64. The Morgan fingerprint density at radius 3 is 1.82 bits per heavy atom. The van der Waals surface area contributed by atoms with Crippen molar-refractivity contribution in [1.82, 2.24) is 16.0 Å². The zero-order valence-electron chi connectivity index (χ0n) is 40.0. The first-order chi connectivity index (χ1) is 32.9. The van der Waals surface area contributed by atoms with Gasteiger partial charge in [0.1, 0.15) is 43.7 Å². The molecule has 0 radical (unpaired) electrons. The number of hydrogen-bond acceptors (Lipinski definition) is 13. The van der Waals surface area contributed by atoms with E-state index in [9.17, 15) is 29.7 Å². The molecule has 0 spiro atoms. The fraction of sp³-hybridized carbons (Fsp3) is 0.596. The number of alkyl carbamates (subject to hydrolysis) is 2. The fourth-order valence-electron chi connectivity index (χ4n) is 9.04. The van der Waals surface area contributed by atoms with E-state index in [-0.39, 0.29) is 44.1 Å². The highest BCUT2D eigenvalue weighted by Gasteiger charge is 2.57. The Hall–Kier alpha value is -4.65. The third kappa shape index (κ3) is 14.7. The number of aliphatic hydroxyl groups excluding tert-OH is 3. The summed E-state index contributed by atoms with van der Waals surface area (Å²) in [6, 6.07) is 25.7. The summed E-state index contributed by atoms with van der Waals surface area (Å²) >= 11 is 0. The van der Waals surface area contributed by atoms with E-state index in [1.165, 1.54) is 0 Å². The van der Waals surface area contributed by atoms with E-state index < -0.39 is 98.0 Å². The van der Waals surface area contributed by atoms with E-state index in [2.05, 4.69) is 22.9 Å². The number of ether oxygens (including phenoxy) is 7. The van der Waals surface area contributed by atoms with Gasteiger partial charge in [0.2, 0.25) is 5.91 Å². The zero-order valence-corrected chi connectivity index (χ0v) is 40.0. The lowest BCUT2D eigenvalue weighted by molar-refractivity contribution is -0.320. The first-order valence-electron chi connectivity index (χ1n) is 24.3. The molecule has 6 N–H and O–H groups in total. The molecule has 2 heterocycles. The summed E-state index contributed by atoms with van der Waals surface area (Å²) in [5.74, 6) is -1.77. The van der Waals surface area contributed by atoms with Crippen LogP contribution in [0.3, 0.4) is 0 Å². The molecule has 15 atom stereocenters. The summed E-state index contributed by atoms with van der Waals surface area (Å²) in [4.78, 5) is 41.1. The predicted molar refractivity (Wildman–Crippen MR) is 251 cm³/mol. The second kappa shape index (κ2) is 26.4. The van der Waals surface area contributed by atoms with Gasteiger partial charge in [-0.05, 0) is 41.9 Å². The zero-order chi connectivity index (χ0) is 48.6. The minimum atomic E-state index is -1.58. The number of hydrogen-bond donors (Lipinski definition) is 6. The van der Waals surface area contributed by atoms with Crippen LogP contribution in [-0.2, 0) is 57.8 Å². The van der Waals surface area contributed by atoms with Crippen LogP contribution in [0.2, 0.25) is 0 Å². The molecule has 7 unspecified atom stereocenters. The number of nitrogens with one attached hydrogen (secondary N) is 3. The first-order valence-corrected chi connectivity index (χ1v) is 24.3. The van der Waals surface area contributed by atoms with Crippen molar-refractivity contribution in [2.75, 3.05) is 13.2 Å². The van der Waals surface area contributed by atoms with Gasteiger partial charge in [0, 0.05) is 24.3 Å². The average molecular weight is 948 g/mol. The molecule has 2 saturated heterocycles. The molecule has 0 aromatic heterocycles. The van der Waals surface area contributed by atoms with Gasteiger partial charge in [0.05, 0.1) is 37.5 Å². The Labute approximate surface area is 400 Å². The smallest absolute Gasteiger partial charge is 0.407 e. The lowest BCUT2D eigenvalue weighted by atomic mass is 9.79. The van der Waals surface area contributed by atoms with Crippen molar-refractivity contribution in [3.63, 3.8) is 0 Å². The van der Waals surface area contributed by atoms with Crippen LogP contribution < -0.4 is 16.0 Å². The number of amides is 3. The quantitative estimate of drug-likeness (QED) is 0.0665. The molecule has 3 aliphatic rings. The summed E-state index contributed by atoms with van der Waals surface area (Å²) in [5.41, 5.74) is 2.40. The van der Waals surface area contributed by atoms with Crippen molar-refractivity contribution < 1.29 is 62.9 Å². The van der Waals surface area contributed by atoms with Crippen molar-refractivity contribution in [2.45, 2.75) is 160 Å². The van der Waals surface area contributed by atoms with E-state index in [0.29, 0.717) is 19.3 Å². The molecule has 1 saturated carbocycles. The maximum atomic E-state index is 14.3. The standard InChI is InChI=1S/C52H73N3O13/c1-6-7-11-18-32(2)48(59)54-41-45(62-29-36-19-12-8-13-20-36)42(55-52(61)64-31-38-23-16-10-17-24-38)47(44(58)46(41)68-50-35(5)34(4)43(57)40(28-56)66-50)67-49-33(3)25-26-39(65-49)27-53-51(60)63-30-37-21-14-9-15-22-37/h8-10,12-17,19-24,32-35,39-47,49-50,56-58H,6-7,11,18,25-31H2,1-5H3,(H,53,60)(H,54,59)(H,55,61)/t32-,33?,34+,35?,39?,40?,41+,42-,43-,44?,45?,46-,47?,49+,50+/m0/s1. The van der Waals surface area contributed by atoms with Crippen LogP contribution in [-0.4, -0.2) is 114 Å². The molecule has 374 valence electrons. The fourth-order valence-corrected chi connectivity index (χ4v) is 9.04. The Morgan fingerprint density at radius 1 is 0.676 bits per heavy atom. The molecule has 16 nitrogen and oxygen atoms in total. The Morgan fingerprint density at radius 2 is 1.24 bits per heavy atom. The van der Waals surface area contributed by atoms with Gasteiger partial charge in [-0.3, -0.25) is 4.79 Å². The van der Waals surface area contributed by atoms with E-state index in [4.69, 9.17) is 33.2 Å². The third-order valence-corrected chi connectivity index (χ3v) is 13.5. The molecule has 3 aromatic carbocycles. The predicted octanol–water partition coefficient (Wildman–Crippen LogP) is 6.13. The molecule has 3 amide bonds. The highest BCUT2D eigenvalue weighted by Crippen LogP contribution is 2.38. The Kier molecular flexibility index (Phi) is 20.4. The van der Waals surface area contributed by atoms with Gasteiger partial charge in [0.15, 0.2) is 12.6 Å². The van der Waals surface area contributed by atoms with Crippen LogP contribution in [0.4, 0.5) is 9.59 Å². The molecule has 68 heavy (non-hydrogen) atoms. The van der Waals surface area contributed by atoms with Gasteiger partial charge in [-0.15, -0.1) is 0 Å². The number of rotatable bonds is 21. The molecule has 1 aliphatic carbocycles. The van der Waals surface area contributed by atoms with Crippen LogP contribution in [0.15, 0.2) is 91.0 Å². The summed E-state index contributed by atoms with van der Waals surface area (Å²) in [7, 11) is 0. The topological polar surface area (TPSA) is 213 Å². The molecule has 3 aromatic rings. The lowest BCUT2D eigenvalue weighted by Crippen LogP contribution is -2.74. The van der Waals surface area contributed by atoms with Gasteiger partial charge in [-0.1, -0.05) is 145 Å². The average Bonchev–Trinajstić information content (AvgIpc) is 3.35.